The third kappa shape index (κ3) is 3.19. The lowest BCUT2D eigenvalue weighted by atomic mass is 10.1. The van der Waals surface area contributed by atoms with E-state index < -0.39 is 0 Å². The summed E-state index contributed by atoms with van der Waals surface area (Å²) in [5.74, 6) is 1.39. The van der Waals surface area contributed by atoms with Crippen molar-refractivity contribution in [2.75, 3.05) is 18.6 Å². The number of fused-ring (bicyclic) bond motifs is 3. The van der Waals surface area contributed by atoms with E-state index in [-0.39, 0.29) is 11.2 Å². The van der Waals surface area contributed by atoms with E-state index in [0.717, 1.165) is 17.9 Å². The maximum atomic E-state index is 13.4. The van der Waals surface area contributed by atoms with Crippen LogP contribution in [0.2, 0.25) is 0 Å². The predicted molar refractivity (Wildman–Crippen MR) is 124 cm³/mol. The molecule has 4 aromatic rings. The highest BCUT2D eigenvalue weighted by Gasteiger charge is 2.29. The molecule has 0 atom stereocenters. The summed E-state index contributed by atoms with van der Waals surface area (Å²) >= 11 is 0. The molecule has 0 saturated carbocycles. The van der Waals surface area contributed by atoms with Crippen molar-refractivity contribution in [2.45, 2.75) is 25.9 Å². The van der Waals surface area contributed by atoms with Gasteiger partial charge in [-0.25, -0.2) is 4.79 Å². The van der Waals surface area contributed by atoms with Crippen molar-refractivity contribution in [1.82, 2.24) is 18.7 Å². The zero-order chi connectivity index (χ0) is 22.2. The summed E-state index contributed by atoms with van der Waals surface area (Å²) in [5, 5.41) is 0. The first-order valence-electron chi connectivity index (χ1n) is 10.7. The van der Waals surface area contributed by atoms with Gasteiger partial charge in [-0.15, -0.1) is 0 Å². The molecule has 0 saturated heterocycles. The second-order valence-corrected chi connectivity index (χ2v) is 7.95. The number of para-hydroxylation sites is 2. The average Bonchev–Trinajstić information content (AvgIpc) is 3.40. The number of hydrogen-bond acceptors (Lipinski definition) is 5. The molecule has 2 aromatic carbocycles. The molecule has 0 amide bonds. The number of rotatable bonds is 6. The third-order valence-electron chi connectivity index (χ3n) is 6.07. The maximum Gasteiger partial charge on any atom is 0.332 e. The van der Waals surface area contributed by atoms with Crippen molar-refractivity contribution in [3.05, 3.63) is 81.0 Å². The summed E-state index contributed by atoms with van der Waals surface area (Å²) in [6.07, 6.45) is 1.51. The Labute approximate surface area is 184 Å². The molecule has 0 unspecified atom stereocenters. The van der Waals surface area contributed by atoms with Gasteiger partial charge in [-0.2, -0.15) is 4.98 Å². The topological polar surface area (TPSA) is 74.3 Å². The van der Waals surface area contributed by atoms with Gasteiger partial charge < -0.3 is 14.2 Å². The van der Waals surface area contributed by atoms with E-state index in [1.165, 1.54) is 14.7 Å². The number of benzene rings is 2. The van der Waals surface area contributed by atoms with Crippen LogP contribution < -0.4 is 20.9 Å². The highest BCUT2D eigenvalue weighted by molar-refractivity contribution is 5.79. The van der Waals surface area contributed by atoms with Gasteiger partial charge in [0.05, 0.1) is 12.8 Å². The number of nitrogens with zero attached hydrogens (tertiary/aromatic N) is 5. The van der Waals surface area contributed by atoms with Crippen LogP contribution in [0.25, 0.3) is 11.2 Å². The van der Waals surface area contributed by atoms with Crippen LogP contribution in [-0.4, -0.2) is 32.3 Å². The van der Waals surface area contributed by atoms with Crippen LogP contribution in [0.3, 0.4) is 0 Å². The largest absolute Gasteiger partial charge is 0.495 e. The quantitative estimate of drug-likeness (QED) is 0.469. The Morgan fingerprint density at radius 1 is 1.00 bits per heavy atom. The van der Waals surface area contributed by atoms with E-state index in [0.29, 0.717) is 43.2 Å². The minimum atomic E-state index is -0.337. The summed E-state index contributed by atoms with van der Waals surface area (Å²) in [6, 6.07) is 17.8. The maximum absolute atomic E-state index is 13.4. The monoisotopic (exact) mass is 431 g/mol. The van der Waals surface area contributed by atoms with Crippen molar-refractivity contribution >= 4 is 22.8 Å². The zero-order valence-corrected chi connectivity index (χ0v) is 18.2. The van der Waals surface area contributed by atoms with Crippen LogP contribution in [0.15, 0.2) is 64.2 Å². The molecule has 164 valence electrons. The van der Waals surface area contributed by atoms with Crippen molar-refractivity contribution in [3.8, 4) is 5.75 Å². The molecule has 3 heterocycles. The lowest BCUT2D eigenvalue weighted by Crippen LogP contribution is -2.39. The van der Waals surface area contributed by atoms with Crippen LogP contribution in [0.5, 0.6) is 5.75 Å². The summed E-state index contributed by atoms with van der Waals surface area (Å²) in [5.41, 5.74) is 2.34. The molecule has 0 N–H and O–H groups in total. The van der Waals surface area contributed by atoms with Crippen molar-refractivity contribution < 1.29 is 4.74 Å². The average molecular weight is 431 g/mol. The van der Waals surface area contributed by atoms with Gasteiger partial charge in [0.15, 0.2) is 11.2 Å². The number of aromatic nitrogens is 4. The Kier molecular flexibility index (Phi) is 5.05. The molecule has 1 aliphatic rings. The summed E-state index contributed by atoms with van der Waals surface area (Å²) in [4.78, 5) is 33.1. The van der Waals surface area contributed by atoms with Gasteiger partial charge in [0.2, 0.25) is 5.95 Å². The van der Waals surface area contributed by atoms with Gasteiger partial charge in [0.25, 0.3) is 5.56 Å². The van der Waals surface area contributed by atoms with Gasteiger partial charge in [-0.05, 0) is 30.5 Å². The molecule has 8 nitrogen and oxygen atoms in total. The lowest BCUT2D eigenvalue weighted by Gasteiger charge is -2.18. The van der Waals surface area contributed by atoms with Gasteiger partial charge in [-0.3, -0.25) is 13.9 Å². The second-order valence-electron chi connectivity index (χ2n) is 7.95. The summed E-state index contributed by atoms with van der Waals surface area (Å²) in [6.45, 7) is 1.66. The first kappa shape index (κ1) is 20.1. The van der Waals surface area contributed by atoms with Crippen LogP contribution in [0.1, 0.15) is 12.0 Å². The van der Waals surface area contributed by atoms with Crippen molar-refractivity contribution in [3.63, 3.8) is 0 Å². The van der Waals surface area contributed by atoms with E-state index in [2.05, 4.69) is 12.1 Å². The highest BCUT2D eigenvalue weighted by Crippen LogP contribution is 2.36. The Balaban J connectivity index is 1.54. The van der Waals surface area contributed by atoms with Gasteiger partial charge in [0.1, 0.15) is 5.75 Å². The molecular weight excluding hydrogens is 406 g/mol. The molecule has 0 bridgehead atoms. The SMILES string of the molecule is COc1ccccc1N1CCn2c1nc1c2c(=O)n(CCCc2ccccc2)c(=O)n1C. The van der Waals surface area contributed by atoms with Crippen LogP contribution in [0.4, 0.5) is 11.6 Å². The smallest absolute Gasteiger partial charge is 0.332 e. The number of imidazole rings is 1. The van der Waals surface area contributed by atoms with Gasteiger partial charge >= 0.3 is 5.69 Å². The van der Waals surface area contributed by atoms with E-state index in [4.69, 9.17) is 9.72 Å². The lowest BCUT2D eigenvalue weighted by molar-refractivity contribution is 0.415. The van der Waals surface area contributed by atoms with E-state index >= 15 is 0 Å². The van der Waals surface area contributed by atoms with E-state index in [1.807, 2.05) is 51.9 Å². The second kappa shape index (κ2) is 8.03. The fourth-order valence-corrected chi connectivity index (χ4v) is 4.44. The molecule has 0 radical (unpaired) electrons. The minimum absolute atomic E-state index is 0.281. The molecule has 2 aromatic heterocycles. The molecule has 8 heteroatoms. The van der Waals surface area contributed by atoms with Crippen molar-refractivity contribution in [2.24, 2.45) is 7.05 Å². The first-order valence-corrected chi connectivity index (χ1v) is 10.7. The highest BCUT2D eigenvalue weighted by atomic mass is 16.5. The van der Waals surface area contributed by atoms with Crippen LogP contribution >= 0.6 is 0 Å². The molecule has 5 rings (SSSR count). The number of methoxy groups -OCH3 is 1. The molecule has 0 aliphatic carbocycles. The van der Waals surface area contributed by atoms with Crippen LogP contribution in [0, 0.1) is 0 Å². The first-order chi connectivity index (χ1) is 15.6. The molecule has 0 fully saturated rings. The van der Waals surface area contributed by atoms with Crippen molar-refractivity contribution in [1.29, 1.82) is 0 Å². The van der Waals surface area contributed by atoms with E-state index in [1.54, 1.807) is 14.2 Å². The van der Waals surface area contributed by atoms with E-state index in [9.17, 15) is 9.59 Å². The summed E-state index contributed by atoms with van der Waals surface area (Å²) in [7, 11) is 3.31. The molecule has 32 heavy (non-hydrogen) atoms. The fourth-order valence-electron chi connectivity index (χ4n) is 4.44. The van der Waals surface area contributed by atoms with Crippen LogP contribution in [-0.2, 0) is 26.6 Å². The molecule has 0 spiro atoms. The normalized spacial score (nSPS) is 13.0. The Hall–Kier alpha value is -3.81. The number of anilines is 2. The Morgan fingerprint density at radius 2 is 1.75 bits per heavy atom. The zero-order valence-electron chi connectivity index (χ0n) is 18.2. The summed E-state index contributed by atoms with van der Waals surface area (Å²) < 4.78 is 10.2. The Morgan fingerprint density at radius 3 is 2.53 bits per heavy atom. The number of aryl methyl sites for hydroxylation is 2. The minimum Gasteiger partial charge on any atom is -0.495 e. The third-order valence-corrected chi connectivity index (χ3v) is 6.07. The Bertz CT molecular complexity index is 1400. The van der Waals surface area contributed by atoms with Gasteiger partial charge in [-0.1, -0.05) is 42.5 Å². The number of ether oxygens (including phenoxy) is 1. The molecular formula is C24H25N5O3. The molecule has 1 aliphatic heterocycles. The predicted octanol–water partition coefficient (Wildman–Crippen LogP) is 2.69. The number of hydrogen-bond donors (Lipinski definition) is 0. The van der Waals surface area contributed by atoms with Gasteiger partial charge in [0, 0.05) is 26.7 Å². The fraction of sp³-hybridized carbons (Fsp3) is 0.292. The standard InChI is InChI=1S/C24H25N5O3/c1-26-21-20(22(30)29(24(26)31)14-8-11-17-9-4-3-5-10-17)28-16-15-27(23(28)25-21)18-12-6-7-13-19(18)32-2/h3-7,9-10,12-13H,8,11,14-16H2,1-2H3.